The number of nitriles is 1. The molecule has 2 N–H and O–H groups in total. The van der Waals surface area contributed by atoms with Gasteiger partial charge in [0.05, 0.1) is 36.2 Å². The highest BCUT2D eigenvalue weighted by atomic mass is 16.5. The Kier molecular flexibility index (Phi) is 4.86. The zero-order valence-electron chi connectivity index (χ0n) is 14.2. The number of ether oxygens (including phenoxy) is 1. The molecule has 3 rings (SSSR count). The second kappa shape index (κ2) is 7.41. The van der Waals surface area contributed by atoms with Gasteiger partial charge in [0.1, 0.15) is 5.75 Å². The van der Waals surface area contributed by atoms with Crippen LogP contribution in [0.3, 0.4) is 0 Å². The molecule has 134 valence electrons. The molecular weight excluding hydrogens is 348 g/mol. The molecule has 27 heavy (non-hydrogen) atoms. The highest BCUT2D eigenvalue weighted by Crippen LogP contribution is 2.36. The number of amides is 2. The average Bonchev–Trinajstić information content (AvgIpc) is 3.23. The van der Waals surface area contributed by atoms with Crippen LogP contribution in [-0.2, 0) is 9.59 Å². The number of nitrogens with zero attached hydrogens (tertiary/aromatic N) is 3. The molecule has 1 aromatic heterocycles. The zero-order chi connectivity index (χ0) is 19.4. The number of rotatable bonds is 4. The maximum atomic E-state index is 12.4. The van der Waals surface area contributed by atoms with E-state index in [-0.39, 0.29) is 0 Å². The number of hydrogen-bond acceptors (Lipinski definition) is 6. The minimum atomic E-state index is -1.11. The standard InChI is InChI=1S/C19H14N4O4/c1-26-16-8-14(6-7-15(16)17-10-22-11-27-17)23(19(25)18(21)24)13-4-2-12(9-20)3-5-13/h2-8,10-11H,1H3,(H2,21,24). The quantitative estimate of drug-likeness (QED) is 0.711. The van der Waals surface area contributed by atoms with E-state index in [1.807, 2.05) is 6.07 Å². The van der Waals surface area contributed by atoms with E-state index < -0.39 is 11.8 Å². The highest BCUT2D eigenvalue weighted by molar-refractivity contribution is 6.41. The molecule has 0 saturated heterocycles. The molecule has 0 unspecified atom stereocenters. The van der Waals surface area contributed by atoms with Crippen molar-refractivity contribution in [2.75, 3.05) is 12.0 Å². The van der Waals surface area contributed by atoms with E-state index in [1.165, 1.54) is 31.8 Å². The number of primary amides is 1. The first-order valence-corrected chi connectivity index (χ1v) is 7.76. The Morgan fingerprint density at radius 1 is 1.19 bits per heavy atom. The number of aromatic nitrogens is 1. The largest absolute Gasteiger partial charge is 0.496 e. The minimum absolute atomic E-state index is 0.364. The van der Waals surface area contributed by atoms with Crippen LogP contribution in [0.1, 0.15) is 5.56 Å². The fraction of sp³-hybridized carbons (Fsp3) is 0.0526. The summed E-state index contributed by atoms with van der Waals surface area (Å²) in [6, 6.07) is 13.1. The summed E-state index contributed by atoms with van der Waals surface area (Å²) >= 11 is 0. The van der Waals surface area contributed by atoms with E-state index in [1.54, 1.807) is 30.3 Å². The lowest BCUT2D eigenvalue weighted by atomic mass is 10.1. The van der Waals surface area contributed by atoms with Crippen molar-refractivity contribution in [2.45, 2.75) is 0 Å². The third-order valence-electron chi connectivity index (χ3n) is 3.81. The van der Waals surface area contributed by atoms with Gasteiger partial charge in [0.15, 0.2) is 12.2 Å². The van der Waals surface area contributed by atoms with Gasteiger partial charge in [0.2, 0.25) is 0 Å². The SMILES string of the molecule is COc1cc(N(C(=O)C(N)=O)c2ccc(C#N)cc2)ccc1-c1cnco1. The van der Waals surface area contributed by atoms with Crippen molar-refractivity contribution in [3.63, 3.8) is 0 Å². The van der Waals surface area contributed by atoms with E-state index in [4.69, 9.17) is 20.1 Å². The Hall–Kier alpha value is -4.12. The Morgan fingerprint density at radius 2 is 1.89 bits per heavy atom. The Labute approximate surface area is 154 Å². The van der Waals surface area contributed by atoms with Crippen molar-refractivity contribution >= 4 is 23.2 Å². The molecular formula is C19H14N4O4. The molecule has 2 amide bonds. The Bertz CT molecular complexity index is 1020. The van der Waals surface area contributed by atoms with Gasteiger partial charge in [-0.1, -0.05) is 0 Å². The maximum absolute atomic E-state index is 12.4. The highest BCUT2D eigenvalue weighted by Gasteiger charge is 2.24. The molecule has 0 aliphatic heterocycles. The van der Waals surface area contributed by atoms with Crippen molar-refractivity contribution in [3.8, 4) is 23.1 Å². The van der Waals surface area contributed by atoms with Gasteiger partial charge in [-0.3, -0.25) is 14.5 Å². The second-order valence-corrected chi connectivity index (χ2v) is 5.41. The van der Waals surface area contributed by atoms with Gasteiger partial charge in [0.25, 0.3) is 0 Å². The van der Waals surface area contributed by atoms with Crippen molar-refractivity contribution in [2.24, 2.45) is 5.73 Å². The van der Waals surface area contributed by atoms with Gasteiger partial charge in [-0.05, 0) is 36.4 Å². The summed E-state index contributed by atoms with van der Waals surface area (Å²) in [5.41, 5.74) is 7.00. The van der Waals surface area contributed by atoms with Gasteiger partial charge in [-0.25, -0.2) is 4.98 Å². The monoisotopic (exact) mass is 362 g/mol. The molecule has 0 aliphatic rings. The van der Waals surface area contributed by atoms with E-state index in [0.717, 1.165) is 4.90 Å². The van der Waals surface area contributed by atoms with Gasteiger partial charge in [-0.15, -0.1) is 0 Å². The van der Waals surface area contributed by atoms with Crippen molar-refractivity contribution in [1.29, 1.82) is 5.26 Å². The van der Waals surface area contributed by atoms with Crippen LogP contribution in [0, 0.1) is 11.3 Å². The topological polar surface area (TPSA) is 122 Å². The van der Waals surface area contributed by atoms with E-state index in [9.17, 15) is 9.59 Å². The van der Waals surface area contributed by atoms with Gasteiger partial charge in [-0.2, -0.15) is 5.26 Å². The number of nitrogens with two attached hydrogens (primary N) is 1. The number of carbonyl (C=O) groups is 2. The van der Waals surface area contributed by atoms with Crippen LogP contribution in [0.25, 0.3) is 11.3 Å². The predicted molar refractivity (Wildman–Crippen MR) is 96.0 cm³/mol. The summed E-state index contributed by atoms with van der Waals surface area (Å²) in [7, 11) is 1.47. The van der Waals surface area contributed by atoms with Gasteiger partial charge >= 0.3 is 11.8 Å². The van der Waals surface area contributed by atoms with Crippen molar-refractivity contribution < 1.29 is 18.7 Å². The molecule has 8 heteroatoms. The lowest BCUT2D eigenvalue weighted by Crippen LogP contribution is -2.37. The first kappa shape index (κ1) is 17.7. The van der Waals surface area contributed by atoms with E-state index >= 15 is 0 Å². The first-order valence-electron chi connectivity index (χ1n) is 7.76. The molecule has 0 saturated carbocycles. The third-order valence-corrected chi connectivity index (χ3v) is 3.81. The molecule has 3 aromatic rings. The number of anilines is 2. The lowest BCUT2D eigenvalue weighted by molar-refractivity contribution is -0.135. The van der Waals surface area contributed by atoms with Crippen LogP contribution in [0.2, 0.25) is 0 Å². The summed E-state index contributed by atoms with van der Waals surface area (Å²) < 4.78 is 10.7. The number of methoxy groups -OCH3 is 1. The molecule has 0 atom stereocenters. The summed E-state index contributed by atoms with van der Waals surface area (Å²) in [6.07, 6.45) is 2.83. The molecule has 0 aliphatic carbocycles. The van der Waals surface area contributed by atoms with Crippen molar-refractivity contribution in [3.05, 3.63) is 60.6 Å². The summed E-state index contributed by atoms with van der Waals surface area (Å²) in [4.78, 5) is 29.0. The van der Waals surface area contributed by atoms with Crippen LogP contribution in [0.15, 0.2) is 59.5 Å². The molecule has 0 fully saturated rings. The Morgan fingerprint density at radius 3 is 2.44 bits per heavy atom. The zero-order valence-corrected chi connectivity index (χ0v) is 14.2. The van der Waals surface area contributed by atoms with Crippen molar-refractivity contribution in [1.82, 2.24) is 4.98 Å². The van der Waals surface area contributed by atoms with Crippen LogP contribution in [0.5, 0.6) is 5.75 Å². The van der Waals surface area contributed by atoms with Crippen LogP contribution in [0.4, 0.5) is 11.4 Å². The fourth-order valence-corrected chi connectivity index (χ4v) is 2.55. The van der Waals surface area contributed by atoms with Gasteiger partial charge in [0, 0.05) is 11.8 Å². The molecule has 0 radical (unpaired) electrons. The normalized spacial score (nSPS) is 10.1. The van der Waals surface area contributed by atoms with Crippen LogP contribution >= 0.6 is 0 Å². The predicted octanol–water partition coefficient (Wildman–Crippen LogP) is 2.37. The lowest BCUT2D eigenvalue weighted by Gasteiger charge is -2.22. The van der Waals surface area contributed by atoms with Crippen LogP contribution in [-0.4, -0.2) is 23.9 Å². The smallest absolute Gasteiger partial charge is 0.320 e. The molecule has 0 bridgehead atoms. The number of carbonyl (C=O) groups excluding carboxylic acids is 2. The fourth-order valence-electron chi connectivity index (χ4n) is 2.55. The minimum Gasteiger partial charge on any atom is -0.496 e. The Balaban J connectivity index is 2.10. The molecule has 0 spiro atoms. The first-order chi connectivity index (χ1) is 13.0. The number of hydrogen-bond donors (Lipinski definition) is 1. The number of oxazole rings is 1. The summed E-state index contributed by atoms with van der Waals surface area (Å²) in [5, 5.41) is 8.94. The second-order valence-electron chi connectivity index (χ2n) is 5.41. The molecule has 8 nitrogen and oxygen atoms in total. The maximum Gasteiger partial charge on any atom is 0.320 e. The van der Waals surface area contributed by atoms with Gasteiger partial charge < -0.3 is 14.9 Å². The van der Waals surface area contributed by atoms with E-state index in [2.05, 4.69) is 4.98 Å². The molecule has 1 heterocycles. The average molecular weight is 362 g/mol. The van der Waals surface area contributed by atoms with Crippen LogP contribution < -0.4 is 15.4 Å². The summed E-state index contributed by atoms with van der Waals surface area (Å²) in [5.74, 6) is -1.13. The summed E-state index contributed by atoms with van der Waals surface area (Å²) in [6.45, 7) is 0. The molecule has 2 aromatic carbocycles. The third kappa shape index (κ3) is 3.48. The number of benzene rings is 2. The van der Waals surface area contributed by atoms with E-state index in [0.29, 0.717) is 34.0 Å².